The smallest absolute Gasteiger partial charge is 0.252 e. The first-order valence-electron chi connectivity index (χ1n) is 10.7. The van der Waals surface area contributed by atoms with Gasteiger partial charge < -0.3 is 20.4 Å². The van der Waals surface area contributed by atoms with Gasteiger partial charge in [-0.15, -0.1) is 0 Å². The molecule has 1 saturated carbocycles. The SMILES string of the molecule is CC.Cc1cc(C(=O)NC(CC2(C)CCCC2)C(=O)NC2COCC2=O)cc(=O)[nH]1. The average molecular weight is 420 g/mol. The molecule has 2 unspecified atom stereocenters. The van der Waals surface area contributed by atoms with E-state index in [9.17, 15) is 19.2 Å². The Labute approximate surface area is 177 Å². The summed E-state index contributed by atoms with van der Waals surface area (Å²) in [5.41, 5.74) is 0.351. The maximum atomic E-state index is 12.9. The van der Waals surface area contributed by atoms with Gasteiger partial charge >= 0.3 is 0 Å². The van der Waals surface area contributed by atoms with Crippen LogP contribution >= 0.6 is 0 Å². The van der Waals surface area contributed by atoms with Crippen molar-refractivity contribution in [2.45, 2.75) is 71.9 Å². The Hall–Kier alpha value is -2.48. The molecule has 8 heteroatoms. The Morgan fingerprint density at radius 3 is 2.47 bits per heavy atom. The predicted octanol–water partition coefficient (Wildman–Crippen LogP) is 1.86. The Morgan fingerprint density at radius 1 is 1.23 bits per heavy atom. The lowest BCUT2D eigenvalue weighted by Gasteiger charge is -2.29. The second-order valence-corrected chi connectivity index (χ2v) is 8.21. The standard InChI is InChI=1S/C20H27N3O5.C2H6/c1-12-7-13(8-17(25)21-12)18(26)22-14(9-20(2)5-3-4-6-20)19(27)23-15-10-28-11-16(15)24;1-2/h7-8,14-15H,3-6,9-11H2,1-2H3,(H,21,25)(H,22,26)(H,23,27);1-2H3. The van der Waals surface area contributed by atoms with Crippen LogP contribution in [-0.2, 0) is 14.3 Å². The van der Waals surface area contributed by atoms with Crippen LogP contribution < -0.4 is 16.2 Å². The minimum Gasteiger partial charge on any atom is -0.371 e. The van der Waals surface area contributed by atoms with Crippen molar-refractivity contribution in [1.29, 1.82) is 0 Å². The summed E-state index contributed by atoms with van der Waals surface area (Å²) in [6, 6.07) is 1.31. The fraction of sp³-hybridized carbons (Fsp3) is 0.636. The van der Waals surface area contributed by atoms with Gasteiger partial charge in [0, 0.05) is 17.3 Å². The van der Waals surface area contributed by atoms with E-state index < -0.39 is 23.9 Å². The first kappa shape index (κ1) is 23.8. The van der Waals surface area contributed by atoms with Crippen molar-refractivity contribution in [3.05, 3.63) is 33.7 Å². The molecule has 3 N–H and O–H groups in total. The molecule has 3 rings (SSSR count). The summed E-state index contributed by atoms with van der Waals surface area (Å²) in [5, 5.41) is 5.48. The molecule has 0 aromatic carbocycles. The van der Waals surface area contributed by atoms with Crippen LogP contribution in [0.2, 0.25) is 0 Å². The zero-order valence-corrected chi connectivity index (χ0v) is 18.3. The molecule has 166 valence electrons. The summed E-state index contributed by atoms with van der Waals surface area (Å²) in [6.07, 6.45) is 4.65. The summed E-state index contributed by atoms with van der Waals surface area (Å²) >= 11 is 0. The number of aryl methyl sites for hydroxylation is 1. The lowest BCUT2D eigenvalue weighted by atomic mass is 9.81. The van der Waals surface area contributed by atoms with Crippen molar-refractivity contribution in [3.63, 3.8) is 0 Å². The fourth-order valence-electron chi connectivity index (χ4n) is 4.06. The molecule has 1 aliphatic carbocycles. The first-order valence-corrected chi connectivity index (χ1v) is 10.7. The maximum absolute atomic E-state index is 12.9. The van der Waals surface area contributed by atoms with Crippen LogP contribution in [0.4, 0.5) is 0 Å². The van der Waals surface area contributed by atoms with E-state index in [1.807, 2.05) is 13.8 Å². The number of nitrogens with one attached hydrogen (secondary N) is 3. The van der Waals surface area contributed by atoms with Gasteiger partial charge in [0.1, 0.15) is 18.7 Å². The van der Waals surface area contributed by atoms with Crippen LogP contribution in [-0.4, -0.2) is 47.9 Å². The molecule has 1 saturated heterocycles. The van der Waals surface area contributed by atoms with Crippen molar-refractivity contribution in [3.8, 4) is 0 Å². The third kappa shape index (κ3) is 6.26. The van der Waals surface area contributed by atoms with Gasteiger partial charge in [-0.05, 0) is 37.7 Å². The Balaban J connectivity index is 0.00000155. The van der Waals surface area contributed by atoms with Gasteiger partial charge in [-0.1, -0.05) is 33.6 Å². The average Bonchev–Trinajstić information content (AvgIpc) is 3.30. The van der Waals surface area contributed by atoms with Gasteiger partial charge in [-0.3, -0.25) is 19.2 Å². The summed E-state index contributed by atoms with van der Waals surface area (Å²) in [5.74, 6) is -1.05. The second-order valence-electron chi connectivity index (χ2n) is 8.21. The maximum Gasteiger partial charge on any atom is 0.252 e. The normalized spacial score (nSPS) is 20.8. The largest absolute Gasteiger partial charge is 0.371 e. The third-order valence-corrected chi connectivity index (χ3v) is 5.60. The van der Waals surface area contributed by atoms with Crippen LogP contribution in [0.1, 0.15) is 68.9 Å². The molecule has 30 heavy (non-hydrogen) atoms. The van der Waals surface area contributed by atoms with Crippen LogP contribution in [0.15, 0.2) is 16.9 Å². The van der Waals surface area contributed by atoms with E-state index in [1.165, 1.54) is 6.07 Å². The van der Waals surface area contributed by atoms with Crippen molar-refractivity contribution < 1.29 is 19.1 Å². The van der Waals surface area contributed by atoms with E-state index >= 15 is 0 Å². The van der Waals surface area contributed by atoms with Crippen molar-refractivity contribution >= 4 is 17.6 Å². The number of ether oxygens (including phenoxy) is 1. The zero-order valence-electron chi connectivity index (χ0n) is 18.3. The predicted molar refractivity (Wildman–Crippen MR) is 113 cm³/mol. The minimum atomic E-state index is -0.788. The lowest BCUT2D eigenvalue weighted by Crippen LogP contribution is -2.52. The topological polar surface area (TPSA) is 117 Å². The van der Waals surface area contributed by atoms with Crippen molar-refractivity contribution in [2.24, 2.45) is 5.41 Å². The third-order valence-electron chi connectivity index (χ3n) is 5.60. The van der Waals surface area contributed by atoms with Crippen LogP contribution in [0, 0.1) is 12.3 Å². The summed E-state index contributed by atoms with van der Waals surface area (Å²) in [7, 11) is 0. The Morgan fingerprint density at radius 2 is 1.90 bits per heavy atom. The van der Waals surface area contributed by atoms with Crippen LogP contribution in [0.25, 0.3) is 0 Å². The Bertz CT molecular complexity index is 826. The number of H-pyrrole nitrogens is 1. The number of carbonyl (C=O) groups is 3. The molecule has 0 bridgehead atoms. The van der Waals surface area contributed by atoms with Crippen LogP contribution in [0.3, 0.4) is 0 Å². The molecule has 8 nitrogen and oxygen atoms in total. The summed E-state index contributed by atoms with van der Waals surface area (Å²) in [6.45, 7) is 7.95. The molecular formula is C22H33N3O5. The van der Waals surface area contributed by atoms with Crippen LogP contribution in [0.5, 0.6) is 0 Å². The molecule has 0 radical (unpaired) electrons. The van der Waals surface area contributed by atoms with E-state index in [1.54, 1.807) is 13.0 Å². The molecule has 2 amide bonds. The highest BCUT2D eigenvalue weighted by molar-refractivity contribution is 5.98. The molecular weight excluding hydrogens is 386 g/mol. The number of pyridine rings is 1. The highest BCUT2D eigenvalue weighted by Crippen LogP contribution is 2.41. The fourth-order valence-corrected chi connectivity index (χ4v) is 4.06. The molecule has 1 aliphatic heterocycles. The first-order chi connectivity index (χ1) is 14.3. The quantitative estimate of drug-likeness (QED) is 0.651. The highest BCUT2D eigenvalue weighted by atomic mass is 16.5. The number of rotatable bonds is 6. The van der Waals surface area contributed by atoms with E-state index in [0.717, 1.165) is 25.7 Å². The number of Topliss-reactive ketones (excluding diaryl/α,β-unsaturated/α-hetero) is 1. The molecule has 0 spiro atoms. The molecule has 2 aliphatic rings. The van der Waals surface area contributed by atoms with Gasteiger partial charge in [0.25, 0.3) is 5.91 Å². The van der Waals surface area contributed by atoms with E-state index in [0.29, 0.717) is 12.1 Å². The number of aromatic amines is 1. The zero-order chi connectivity index (χ0) is 22.3. The lowest BCUT2D eigenvalue weighted by molar-refractivity contribution is -0.127. The number of ketones is 1. The number of aromatic nitrogens is 1. The molecule has 1 aromatic rings. The van der Waals surface area contributed by atoms with Crippen molar-refractivity contribution in [1.82, 2.24) is 15.6 Å². The minimum absolute atomic E-state index is 0.00818. The van der Waals surface area contributed by atoms with Gasteiger partial charge in [-0.2, -0.15) is 0 Å². The van der Waals surface area contributed by atoms with E-state index in [-0.39, 0.29) is 35.5 Å². The van der Waals surface area contributed by atoms with Gasteiger partial charge in [0.15, 0.2) is 5.78 Å². The van der Waals surface area contributed by atoms with Gasteiger partial charge in [0.05, 0.1) is 6.61 Å². The number of carbonyl (C=O) groups excluding carboxylic acids is 3. The monoisotopic (exact) mass is 419 g/mol. The summed E-state index contributed by atoms with van der Waals surface area (Å²) in [4.78, 5) is 51.6. The molecule has 2 heterocycles. The second kappa shape index (κ2) is 10.5. The van der Waals surface area contributed by atoms with Gasteiger partial charge in [0.2, 0.25) is 11.5 Å². The van der Waals surface area contributed by atoms with E-state index in [4.69, 9.17) is 4.74 Å². The highest BCUT2D eigenvalue weighted by Gasteiger charge is 2.37. The van der Waals surface area contributed by atoms with Gasteiger partial charge in [-0.25, -0.2) is 0 Å². The van der Waals surface area contributed by atoms with Crippen molar-refractivity contribution in [2.75, 3.05) is 13.2 Å². The van der Waals surface area contributed by atoms with E-state index in [2.05, 4.69) is 22.5 Å². The number of hydrogen-bond acceptors (Lipinski definition) is 5. The Kier molecular flexibility index (Phi) is 8.34. The number of hydrogen-bond donors (Lipinski definition) is 3. The summed E-state index contributed by atoms with van der Waals surface area (Å²) < 4.78 is 5.09. The molecule has 1 aromatic heterocycles. The molecule has 2 fully saturated rings. The number of amides is 2. The molecule has 2 atom stereocenters.